The van der Waals surface area contributed by atoms with E-state index >= 15 is 0 Å². The van der Waals surface area contributed by atoms with Crippen molar-refractivity contribution in [1.29, 1.82) is 0 Å². The lowest BCUT2D eigenvalue weighted by molar-refractivity contribution is 0.221. The molecule has 0 spiro atoms. The van der Waals surface area contributed by atoms with Gasteiger partial charge in [-0.1, -0.05) is 83.1 Å². The van der Waals surface area contributed by atoms with E-state index in [0.717, 1.165) is 48.0 Å². The molecule has 2 aliphatic rings. The maximum absolute atomic E-state index is 5.63. The van der Waals surface area contributed by atoms with Crippen molar-refractivity contribution in [2.75, 3.05) is 6.61 Å². The molecule has 0 aromatic heterocycles. The first kappa shape index (κ1) is 24.0. The highest BCUT2D eigenvalue weighted by molar-refractivity contribution is 5.40. The zero-order valence-corrected chi connectivity index (χ0v) is 20.1. The molecule has 1 aromatic rings. The number of hydrogen-bond donors (Lipinski definition) is 0. The third-order valence-corrected chi connectivity index (χ3v) is 7.53. The molecule has 1 heteroatoms. The van der Waals surface area contributed by atoms with Crippen molar-refractivity contribution in [2.24, 2.45) is 23.7 Å². The summed E-state index contributed by atoms with van der Waals surface area (Å²) >= 11 is 0. The minimum Gasteiger partial charge on any atom is -0.494 e. The maximum atomic E-state index is 5.63. The van der Waals surface area contributed by atoms with Crippen molar-refractivity contribution in [1.82, 2.24) is 0 Å². The van der Waals surface area contributed by atoms with Gasteiger partial charge in [0.15, 0.2) is 0 Å². The van der Waals surface area contributed by atoms with Gasteiger partial charge in [-0.3, -0.25) is 0 Å². The average Bonchev–Trinajstić information content (AvgIpc) is 2.82. The Morgan fingerprint density at radius 2 is 1.35 bits per heavy atom. The van der Waals surface area contributed by atoms with E-state index in [1.807, 2.05) is 24.3 Å². The Hall–Kier alpha value is -1.68. The van der Waals surface area contributed by atoms with Gasteiger partial charge in [-0.2, -0.15) is 0 Å². The van der Waals surface area contributed by atoms with Crippen LogP contribution in [0, 0.1) is 35.5 Å². The zero-order chi connectivity index (χ0) is 21.7. The van der Waals surface area contributed by atoms with E-state index in [1.165, 1.54) is 77.0 Å². The molecule has 0 heterocycles. The van der Waals surface area contributed by atoms with E-state index in [1.54, 1.807) is 0 Å². The van der Waals surface area contributed by atoms with E-state index in [4.69, 9.17) is 4.74 Å². The summed E-state index contributed by atoms with van der Waals surface area (Å²) in [7, 11) is 0. The van der Waals surface area contributed by atoms with Gasteiger partial charge >= 0.3 is 0 Å². The Morgan fingerprint density at radius 1 is 0.774 bits per heavy atom. The summed E-state index contributed by atoms with van der Waals surface area (Å²) < 4.78 is 5.63. The minimum atomic E-state index is 0.736. The fourth-order valence-corrected chi connectivity index (χ4v) is 5.52. The lowest BCUT2D eigenvalue weighted by atomic mass is 9.75. The molecule has 0 saturated heterocycles. The lowest BCUT2D eigenvalue weighted by Crippen LogP contribution is -2.17. The Labute approximate surface area is 192 Å². The first-order valence-corrected chi connectivity index (χ1v) is 13.2. The van der Waals surface area contributed by atoms with Crippen molar-refractivity contribution in [2.45, 2.75) is 97.3 Å². The van der Waals surface area contributed by atoms with Crippen LogP contribution in [0.1, 0.15) is 103 Å². The Morgan fingerprint density at radius 3 is 1.94 bits per heavy atom. The van der Waals surface area contributed by atoms with E-state index in [2.05, 4.69) is 37.8 Å². The van der Waals surface area contributed by atoms with Gasteiger partial charge < -0.3 is 4.74 Å². The van der Waals surface area contributed by atoms with Crippen LogP contribution in [0.25, 0.3) is 0 Å². The summed E-state index contributed by atoms with van der Waals surface area (Å²) in [6.45, 7) is 5.24. The summed E-state index contributed by atoms with van der Waals surface area (Å²) in [6, 6.07) is 8.13. The zero-order valence-electron chi connectivity index (χ0n) is 20.1. The molecule has 0 N–H and O–H groups in total. The van der Waals surface area contributed by atoms with Crippen molar-refractivity contribution < 1.29 is 4.74 Å². The van der Waals surface area contributed by atoms with Gasteiger partial charge in [-0.25, -0.2) is 0 Å². The standard InChI is InChI=1S/C30H44O/c1-3-7-25-10-14-28(15-11-25)18-19-29-16-12-26(13-17-29)8-5-6-9-27-20-22-30(23-21-27)31-24-4-2/h5,8,20-23,25-26,28-29H,3-4,7,10-19,24H2,1-2H3/b8-5+. The van der Waals surface area contributed by atoms with E-state index in [9.17, 15) is 0 Å². The molecule has 0 atom stereocenters. The summed E-state index contributed by atoms with van der Waals surface area (Å²) in [5, 5.41) is 0. The highest BCUT2D eigenvalue weighted by atomic mass is 16.5. The Balaban J connectivity index is 1.30. The number of ether oxygens (including phenoxy) is 1. The van der Waals surface area contributed by atoms with Gasteiger partial charge in [0.2, 0.25) is 0 Å². The van der Waals surface area contributed by atoms with Gasteiger partial charge in [0.1, 0.15) is 5.75 Å². The van der Waals surface area contributed by atoms with Crippen LogP contribution in [-0.4, -0.2) is 6.61 Å². The quantitative estimate of drug-likeness (QED) is 0.363. The highest BCUT2D eigenvalue weighted by Crippen LogP contribution is 2.37. The molecule has 2 aliphatic carbocycles. The smallest absolute Gasteiger partial charge is 0.119 e. The van der Waals surface area contributed by atoms with Crippen molar-refractivity contribution in [3.05, 3.63) is 42.0 Å². The molecule has 0 amide bonds. The SMILES string of the molecule is CCCOc1ccc(C#C/C=C/C2CCC(CCC3CCC(CCC)CC3)CC2)cc1. The van der Waals surface area contributed by atoms with E-state index in [0.29, 0.717) is 0 Å². The molecule has 1 aromatic carbocycles. The van der Waals surface area contributed by atoms with Gasteiger partial charge in [0.25, 0.3) is 0 Å². The molecule has 0 aliphatic heterocycles. The van der Waals surface area contributed by atoms with Crippen molar-refractivity contribution in [3.8, 4) is 17.6 Å². The van der Waals surface area contributed by atoms with Crippen LogP contribution in [0.2, 0.25) is 0 Å². The molecule has 2 fully saturated rings. The third kappa shape index (κ3) is 8.76. The van der Waals surface area contributed by atoms with Crippen LogP contribution in [-0.2, 0) is 0 Å². The van der Waals surface area contributed by atoms with E-state index in [-0.39, 0.29) is 0 Å². The van der Waals surface area contributed by atoms with Crippen molar-refractivity contribution >= 4 is 0 Å². The van der Waals surface area contributed by atoms with Crippen LogP contribution in [0.15, 0.2) is 36.4 Å². The van der Waals surface area contributed by atoms with Crippen LogP contribution < -0.4 is 4.74 Å². The molecule has 170 valence electrons. The van der Waals surface area contributed by atoms with Crippen LogP contribution in [0.5, 0.6) is 5.75 Å². The minimum absolute atomic E-state index is 0.736. The second kappa shape index (κ2) is 13.7. The van der Waals surface area contributed by atoms with Crippen LogP contribution in [0.3, 0.4) is 0 Å². The molecular formula is C30H44O. The van der Waals surface area contributed by atoms with Gasteiger partial charge in [0.05, 0.1) is 6.61 Å². The maximum Gasteiger partial charge on any atom is 0.119 e. The summed E-state index contributed by atoms with van der Waals surface area (Å²) in [5.41, 5.74) is 1.06. The summed E-state index contributed by atoms with van der Waals surface area (Å²) in [5.74, 6) is 11.2. The predicted octanol–water partition coefficient (Wildman–Crippen LogP) is 8.58. The molecule has 0 bridgehead atoms. The molecule has 0 unspecified atom stereocenters. The summed E-state index contributed by atoms with van der Waals surface area (Å²) in [4.78, 5) is 0. The fourth-order valence-electron chi connectivity index (χ4n) is 5.52. The van der Waals surface area contributed by atoms with Gasteiger partial charge in [-0.15, -0.1) is 0 Å². The van der Waals surface area contributed by atoms with Crippen molar-refractivity contribution in [3.63, 3.8) is 0 Å². The number of hydrogen-bond acceptors (Lipinski definition) is 1. The monoisotopic (exact) mass is 420 g/mol. The first-order valence-electron chi connectivity index (χ1n) is 13.2. The molecule has 3 rings (SSSR count). The molecule has 1 nitrogen and oxygen atoms in total. The fraction of sp³-hybridized carbons (Fsp3) is 0.667. The van der Waals surface area contributed by atoms with E-state index < -0.39 is 0 Å². The number of rotatable bonds is 9. The normalized spacial score (nSPS) is 26.4. The molecular weight excluding hydrogens is 376 g/mol. The van der Waals surface area contributed by atoms with Crippen LogP contribution >= 0.6 is 0 Å². The molecule has 31 heavy (non-hydrogen) atoms. The predicted molar refractivity (Wildman–Crippen MR) is 133 cm³/mol. The Bertz CT molecular complexity index is 688. The number of allylic oxidation sites excluding steroid dienone is 2. The largest absolute Gasteiger partial charge is 0.494 e. The summed E-state index contributed by atoms with van der Waals surface area (Å²) in [6.07, 6.45) is 22.9. The molecule has 0 radical (unpaired) electrons. The average molecular weight is 421 g/mol. The Kier molecular flexibility index (Phi) is 10.6. The lowest BCUT2D eigenvalue weighted by Gasteiger charge is -2.31. The second-order valence-electron chi connectivity index (χ2n) is 10.0. The third-order valence-electron chi connectivity index (χ3n) is 7.53. The number of benzene rings is 1. The highest BCUT2D eigenvalue weighted by Gasteiger charge is 2.23. The van der Waals surface area contributed by atoms with Crippen LogP contribution in [0.4, 0.5) is 0 Å². The second-order valence-corrected chi connectivity index (χ2v) is 10.0. The molecule has 2 saturated carbocycles. The first-order chi connectivity index (χ1) is 15.3. The topological polar surface area (TPSA) is 9.23 Å². The van der Waals surface area contributed by atoms with Gasteiger partial charge in [0, 0.05) is 5.56 Å². The van der Waals surface area contributed by atoms with Gasteiger partial charge in [-0.05, 0) is 86.1 Å².